The van der Waals surface area contributed by atoms with Crippen LogP contribution in [0.15, 0.2) is 54.6 Å². The third kappa shape index (κ3) is 6.39. The van der Waals surface area contributed by atoms with Crippen LogP contribution in [0, 0.1) is 11.7 Å². The molecule has 2 aromatic rings. The molecule has 0 bridgehead atoms. The molecule has 2 aromatic carbocycles. The second-order valence-electron chi connectivity index (χ2n) is 7.92. The van der Waals surface area contributed by atoms with Crippen LogP contribution in [-0.2, 0) is 22.6 Å². The summed E-state index contributed by atoms with van der Waals surface area (Å²) in [6.45, 7) is 2.88. The van der Waals surface area contributed by atoms with E-state index in [2.05, 4.69) is 10.2 Å². The molecule has 160 valence electrons. The van der Waals surface area contributed by atoms with Crippen LogP contribution in [0.5, 0.6) is 0 Å². The molecule has 0 saturated carbocycles. The summed E-state index contributed by atoms with van der Waals surface area (Å²) in [6, 6.07) is 16.6. The number of nitrogens with one attached hydrogen (secondary N) is 1. The van der Waals surface area contributed by atoms with E-state index in [9.17, 15) is 14.0 Å². The average molecular weight is 412 g/mol. The van der Waals surface area contributed by atoms with Gasteiger partial charge in [0.1, 0.15) is 5.82 Å². The highest BCUT2D eigenvalue weighted by Crippen LogP contribution is 2.17. The predicted molar refractivity (Wildman–Crippen MR) is 115 cm³/mol. The molecule has 0 spiro atoms. The summed E-state index contributed by atoms with van der Waals surface area (Å²) in [5.74, 6) is -0.161. The summed E-state index contributed by atoms with van der Waals surface area (Å²) in [6.07, 6.45) is 1.96. The predicted octanol–water partition coefficient (Wildman–Crippen LogP) is 2.86. The molecule has 1 fully saturated rings. The van der Waals surface area contributed by atoms with Crippen LogP contribution in [0.1, 0.15) is 24.0 Å². The van der Waals surface area contributed by atoms with E-state index < -0.39 is 0 Å². The Morgan fingerprint density at radius 2 is 1.73 bits per heavy atom. The van der Waals surface area contributed by atoms with Crippen LogP contribution in [0.25, 0.3) is 0 Å². The van der Waals surface area contributed by atoms with Crippen molar-refractivity contribution < 1.29 is 14.0 Å². The van der Waals surface area contributed by atoms with Crippen molar-refractivity contribution in [2.75, 3.05) is 33.2 Å². The number of likely N-dealkylation sites (N-methyl/N-ethyl adjacent to an activating group) is 1. The first-order valence-corrected chi connectivity index (χ1v) is 10.5. The monoisotopic (exact) mass is 411 g/mol. The van der Waals surface area contributed by atoms with Crippen molar-refractivity contribution in [3.05, 3.63) is 71.5 Å². The van der Waals surface area contributed by atoms with Crippen molar-refractivity contribution in [2.24, 2.45) is 5.92 Å². The van der Waals surface area contributed by atoms with Gasteiger partial charge < -0.3 is 10.2 Å². The van der Waals surface area contributed by atoms with Gasteiger partial charge in [0.15, 0.2) is 0 Å². The lowest BCUT2D eigenvalue weighted by Crippen LogP contribution is -2.45. The van der Waals surface area contributed by atoms with Gasteiger partial charge in [-0.2, -0.15) is 0 Å². The van der Waals surface area contributed by atoms with Crippen LogP contribution in [-0.4, -0.2) is 54.8 Å². The van der Waals surface area contributed by atoms with Gasteiger partial charge in [-0.3, -0.25) is 14.5 Å². The number of carbonyl (C=O) groups excluding carboxylic acids is 2. The van der Waals surface area contributed by atoms with Crippen molar-refractivity contribution in [1.82, 2.24) is 15.1 Å². The lowest BCUT2D eigenvalue weighted by atomic mass is 9.96. The molecule has 0 aliphatic carbocycles. The normalized spacial score (nSPS) is 15.0. The largest absolute Gasteiger partial charge is 0.356 e. The van der Waals surface area contributed by atoms with Crippen molar-refractivity contribution in [3.63, 3.8) is 0 Å². The van der Waals surface area contributed by atoms with Gasteiger partial charge in [-0.1, -0.05) is 48.5 Å². The molecule has 2 amide bonds. The molecule has 0 atom stereocenters. The van der Waals surface area contributed by atoms with Crippen LogP contribution in [0.2, 0.25) is 0 Å². The van der Waals surface area contributed by atoms with Crippen LogP contribution in [0.4, 0.5) is 4.39 Å². The molecule has 0 radical (unpaired) electrons. The molecule has 0 aromatic heterocycles. The molecule has 6 heteroatoms. The molecule has 1 saturated heterocycles. The average Bonchev–Trinajstić information content (AvgIpc) is 2.76. The van der Waals surface area contributed by atoms with Crippen LogP contribution >= 0.6 is 0 Å². The molecular weight excluding hydrogens is 381 g/mol. The van der Waals surface area contributed by atoms with Gasteiger partial charge in [-0.05, 0) is 49.5 Å². The summed E-state index contributed by atoms with van der Waals surface area (Å²) in [5, 5.41) is 2.93. The van der Waals surface area contributed by atoms with Crippen molar-refractivity contribution in [2.45, 2.75) is 25.8 Å². The molecule has 1 aliphatic rings. The number of carbonyl (C=O) groups is 2. The molecule has 1 aliphatic heterocycles. The van der Waals surface area contributed by atoms with E-state index in [0.717, 1.165) is 31.5 Å². The van der Waals surface area contributed by atoms with Gasteiger partial charge in [-0.25, -0.2) is 4.39 Å². The molecular formula is C24H30FN3O2. The Hall–Kier alpha value is -2.73. The van der Waals surface area contributed by atoms with E-state index in [1.165, 1.54) is 6.07 Å². The number of nitrogens with zero attached hydrogens (tertiary/aromatic N) is 2. The summed E-state index contributed by atoms with van der Waals surface area (Å²) >= 11 is 0. The molecule has 30 heavy (non-hydrogen) atoms. The van der Waals surface area contributed by atoms with Gasteiger partial charge in [0.2, 0.25) is 11.8 Å². The highest BCUT2D eigenvalue weighted by Gasteiger charge is 2.26. The fraction of sp³-hybridized carbons (Fsp3) is 0.417. The number of rotatable bonds is 8. The Bertz CT molecular complexity index is 835. The quantitative estimate of drug-likeness (QED) is 0.727. The standard InChI is InChI=1S/C24H30FN3O2/c1-27(17-19-7-3-2-4-8-19)23(29)18-28-15-12-21(13-16-28)24(30)26-14-11-20-9-5-6-10-22(20)25/h2-10,21H,11-18H2,1H3,(H,26,30). The highest BCUT2D eigenvalue weighted by molar-refractivity contribution is 5.79. The van der Waals surface area contributed by atoms with Crippen LogP contribution < -0.4 is 5.32 Å². The van der Waals surface area contributed by atoms with Crippen LogP contribution in [0.3, 0.4) is 0 Å². The first-order chi connectivity index (χ1) is 14.5. The molecule has 1 heterocycles. The maximum atomic E-state index is 13.6. The minimum absolute atomic E-state index is 0.0264. The minimum Gasteiger partial charge on any atom is -0.356 e. The summed E-state index contributed by atoms with van der Waals surface area (Å²) in [7, 11) is 1.82. The van der Waals surface area contributed by atoms with E-state index >= 15 is 0 Å². The van der Waals surface area contributed by atoms with Crippen molar-refractivity contribution in [1.29, 1.82) is 0 Å². The van der Waals surface area contributed by atoms with Gasteiger partial charge in [0, 0.05) is 26.1 Å². The topological polar surface area (TPSA) is 52.7 Å². The van der Waals surface area contributed by atoms with Gasteiger partial charge in [-0.15, -0.1) is 0 Å². The lowest BCUT2D eigenvalue weighted by Gasteiger charge is -2.32. The number of hydrogen-bond donors (Lipinski definition) is 1. The number of likely N-dealkylation sites (tertiary alicyclic amines) is 1. The zero-order valence-corrected chi connectivity index (χ0v) is 17.5. The summed E-state index contributed by atoms with van der Waals surface area (Å²) in [5.41, 5.74) is 1.73. The first kappa shape index (κ1) is 22.0. The zero-order chi connectivity index (χ0) is 21.3. The van der Waals surface area contributed by atoms with E-state index in [0.29, 0.717) is 31.6 Å². The van der Waals surface area contributed by atoms with Gasteiger partial charge in [0.05, 0.1) is 6.54 Å². The molecule has 3 rings (SSSR count). The number of halogens is 1. The third-order valence-corrected chi connectivity index (χ3v) is 5.66. The minimum atomic E-state index is -0.234. The Morgan fingerprint density at radius 3 is 2.43 bits per heavy atom. The summed E-state index contributed by atoms with van der Waals surface area (Å²) < 4.78 is 13.6. The summed E-state index contributed by atoms with van der Waals surface area (Å²) in [4.78, 5) is 28.8. The second kappa shape index (κ2) is 10.9. The number of amides is 2. The van der Waals surface area contributed by atoms with E-state index in [1.54, 1.807) is 23.1 Å². The Balaban J connectivity index is 1.36. The van der Waals surface area contributed by atoms with Crippen molar-refractivity contribution >= 4 is 11.8 Å². The number of piperidine rings is 1. The smallest absolute Gasteiger partial charge is 0.236 e. The second-order valence-corrected chi connectivity index (χ2v) is 7.92. The van der Waals surface area contributed by atoms with E-state index in [4.69, 9.17) is 0 Å². The van der Waals surface area contributed by atoms with E-state index in [-0.39, 0.29) is 23.5 Å². The zero-order valence-electron chi connectivity index (χ0n) is 17.5. The maximum Gasteiger partial charge on any atom is 0.236 e. The van der Waals surface area contributed by atoms with Gasteiger partial charge >= 0.3 is 0 Å². The Kier molecular flexibility index (Phi) is 7.97. The number of hydrogen-bond acceptors (Lipinski definition) is 3. The SMILES string of the molecule is CN(Cc1ccccc1)C(=O)CN1CCC(C(=O)NCCc2ccccc2F)CC1. The maximum absolute atomic E-state index is 13.6. The molecule has 5 nitrogen and oxygen atoms in total. The third-order valence-electron chi connectivity index (χ3n) is 5.66. The fourth-order valence-corrected chi connectivity index (χ4v) is 3.78. The first-order valence-electron chi connectivity index (χ1n) is 10.5. The van der Waals surface area contributed by atoms with Gasteiger partial charge in [0.25, 0.3) is 0 Å². The fourth-order valence-electron chi connectivity index (χ4n) is 3.78. The Labute approximate surface area is 177 Å². The number of benzene rings is 2. The molecule has 0 unspecified atom stereocenters. The van der Waals surface area contributed by atoms with E-state index in [1.807, 2.05) is 37.4 Å². The lowest BCUT2D eigenvalue weighted by molar-refractivity contribution is -0.132. The Morgan fingerprint density at radius 1 is 1.07 bits per heavy atom. The highest BCUT2D eigenvalue weighted by atomic mass is 19.1. The molecule has 1 N–H and O–H groups in total. The van der Waals surface area contributed by atoms with Crippen molar-refractivity contribution in [3.8, 4) is 0 Å².